The predicted molar refractivity (Wildman–Crippen MR) is 88.4 cm³/mol. The quantitative estimate of drug-likeness (QED) is 0.821. The maximum absolute atomic E-state index is 9.00. The molecule has 0 heterocycles. The van der Waals surface area contributed by atoms with E-state index >= 15 is 0 Å². The summed E-state index contributed by atoms with van der Waals surface area (Å²) in [7, 11) is 0. The van der Waals surface area contributed by atoms with E-state index < -0.39 is 11.9 Å². The highest BCUT2D eigenvalue weighted by Gasteiger charge is 1.84. The minimum atomic E-state index is -0.833. The Balaban J connectivity index is 0.000000464. The molecule has 2 N–H and O–H groups in total. The zero-order valence-corrected chi connectivity index (χ0v) is 12.6. The molecule has 0 atom stereocenters. The van der Waals surface area contributed by atoms with E-state index in [0.717, 1.165) is 13.8 Å². The molecule has 2 rings (SSSR count). The predicted octanol–water partition coefficient (Wildman–Crippen LogP) is 4.04. The number of hydrogen-bond donors (Lipinski definition) is 2. The Bertz CT molecular complexity index is 513. The Kier molecular flexibility index (Phi) is 10.3. The fourth-order valence-corrected chi connectivity index (χ4v) is 1.32. The van der Waals surface area contributed by atoms with Crippen LogP contribution in [0.1, 0.15) is 25.0 Å². The molecule has 0 bridgehead atoms. The first-order valence-corrected chi connectivity index (χ1v) is 6.59. The lowest BCUT2D eigenvalue weighted by Gasteiger charge is -1.92. The zero-order chi connectivity index (χ0) is 16.8. The summed E-state index contributed by atoms with van der Waals surface area (Å²) in [5.41, 5.74) is 2.47. The molecule has 0 aliphatic rings. The minimum Gasteiger partial charge on any atom is -0.481 e. The number of carboxylic acids is 2. The highest BCUT2D eigenvalue weighted by molar-refractivity contribution is 5.69. The van der Waals surface area contributed by atoms with Crippen LogP contribution in [0.15, 0.2) is 60.7 Å². The SMILES string of the molecule is C(=Cc1ccccc1)c1ccccc1.CC(=O)O.CC(=O)O. The molecule has 0 saturated carbocycles. The third-order valence-corrected chi connectivity index (χ3v) is 2.07. The fourth-order valence-electron chi connectivity index (χ4n) is 1.32. The van der Waals surface area contributed by atoms with Crippen LogP contribution in [-0.2, 0) is 9.59 Å². The Labute approximate surface area is 130 Å². The largest absolute Gasteiger partial charge is 0.481 e. The summed E-state index contributed by atoms with van der Waals surface area (Å²) in [5, 5.41) is 14.8. The van der Waals surface area contributed by atoms with Gasteiger partial charge < -0.3 is 10.2 Å². The highest BCUT2D eigenvalue weighted by atomic mass is 16.4. The lowest BCUT2D eigenvalue weighted by molar-refractivity contribution is -0.135. The van der Waals surface area contributed by atoms with Crippen molar-refractivity contribution in [2.75, 3.05) is 0 Å². The second kappa shape index (κ2) is 11.9. The van der Waals surface area contributed by atoms with Crippen molar-refractivity contribution in [2.45, 2.75) is 13.8 Å². The van der Waals surface area contributed by atoms with E-state index in [2.05, 4.69) is 36.4 Å². The van der Waals surface area contributed by atoms with Gasteiger partial charge in [-0.25, -0.2) is 0 Å². The summed E-state index contributed by atoms with van der Waals surface area (Å²) in [6.45, 7) is 2.17. The van der Waals surface area contributed by atoms with E-state index in [1.54, 1.807) is 0 Å². The molecule has 22 heavy (non-hydrogen) atoms. The van der Waals surface area contributed by atoms with Crippen LogP contribution in [-0.4, -0.2) is 22.2 Å². The van der Waals surface area contributed by atoms with Crippen molar-refractivity contribution in [2.24, 2.45) is 0 Å². The second-order valence-electron chi connectivity index (χ2n) is 4.19. The van der Waals surface area contributed by atoms with E-state index in [9.17, 15) is 0 Å². The Morgan fingerprint density at radius 2 is 0.909 bits per heavy atom. The average Bonchev–Trinajstić information content (AvgIpc) is 2.46. The van der Waals surface area contributed by atoms with Crippen molar-refractivity contribution in [3.05, 3.63) is 71.8 Å². The number of carboxylic acid groups (broad SMARTS) is 2. The second-order valence-corrected chi connectivity index (χ2v) is 4.19. The highest BCUT2D eigenvalue weighted by Crippen LogP contribution is 2.06. The molecule has 0 aliphatic carbocycles. The lowest BCUT2D eigenvalue weighted by atomic mass is 10.1. The van der Waals surface area contributed by atoms with Gasteiger partial charge >= 0.3 is 0 Å². The molecule has 0 spiro atoms. The fraction of sp³-hybridized carbons (Fsp3) is 0.111. The number of hydrogen-bond acceptors (Lipinski definition) is 2. The van der Waals surface area contributed by atoms with E-state index in [-0.39, 0.29) is 0 Å². The normalized spacial score (nSPS) is 9.00. The first-order valence-electron chi connectivity index (χ1n) is 6.59. The molecule has 0 amide bonds. The van der Waals surface area contributed by atoms with Crippen LogP contribution in [0.2, 0.25) is 0 Å². The topological polar surface area (TPSA) is 74.6 Å². The summed E-state index contributed by atoms with van der Waals surface area (Å²) in [4.78, 5) is 18.0. The monoisotopic (exact) mass is 300 g/mol. The minimum absolute atomic E-state index is 0.833. The molecular formula is C18H20O4. The molecule has 0 unspecified atom stereocenters. The number of rotatable bonds is 2. The smallest absolute Gasteiger partial charge is 0.300 e. The third kappa shape index (κ3) is 13.5. The van der Waals surface area contributed by atoms with E-state index in [1.807, 2.05) is 36.4 Å². The van der Waals surface area contributed by atoms with Gasteiger partial charge in [-0.1, -0.05) is 72.8 Å². The van der Waals surface area contributed by atoms with Gasteiger partial charge in [-0.2, -0.15) is 0 Å². The zero-order valence-electron chi connectivity index (χ0n) is 12.6. The molecular weight excluding hydrogens is 280 g/mol. The van der Waals surface area contributed by atoms with Gasteiger partial charge in [-0.3, -0.25) is 9.59 Å². The first kappa shape index (κ1) is 19.1. The lowest BCUT2D eigenvalue weighted by Crippen LogP contribution is -1.78. The Hall–Kier alpha value is -2.88. The first-order chi connectivity index (χ1) is 10.4. The van der Waals surface area contributed by atoms with E-state index in [4.69, 9.17) is 19.8 Å². The van der Waals surface area contributed by atoms with E-state index in [0.29, 0.717) is 0 Å². The van der Waals surface area contributed by atoms with Crippen LogP contribution in [0.5, 0.6) is 0 Å². The van der Waals surface area contributed by atoms with Crippen molar-refractivity contribution in [3.63, 3.8) is 0 Å². The van der Waals surface area contributed by atoms with E-state index in [1.165, 1.54) is 11.1 Å². The average molecular weight is 300 g/mol. The van der Waals surface area contributed by atoms with Crippen molar-refractivity contribution >= 4 is 24.1 Å². The van der Waals surface area contributed by atoms with Gasteiger partial charge in [0.25, 0.3) is 11.9 Å². The van der Waals surface area contributed by atoms with Crippen molar-refractivity contribution < 1.29 is 19.8 Å². The van der Waals surface area contributed by atoms with Crippen LogP contribution in [0.25, 0.3) is 12.2 Å². The number of benzene rings is 2. The molecule has 2 aromatic rings. The maximum atomic E-state index is 9.00. The summed E-state index contributed by atoms with van der Waals surface area (Å²) < 4.78 is 0. The summed E-state index contributed by atoms with van der Waals surface area (Å²) in [6.07, 6.45) is 4.24. The molecule has 0 aliphatic heterocycles. The standard InChI is InChI=1S/C14H12.2C2H4O2/c1-3-7-13(8-4-1)11-12-14-9-5-2-6-10-14;2*1-2(3)4/h1-12H;2*1H3,(H,3,4). The molecule has 0 fully saturated rings. The summed E-state index contributed by atoms with van der Waals surface area (Å²) >= 11 is 0. The maximum Gasteiger partial charge on any atom is 0.300 e. The van der Waals surface area contributed by atoms with Gasteiger partial charge in [0.15, 0.2) is 0 Å². The summed E-state index contributed by atoms with van der Waals surface area (Å²) in [5.74, 6) is -1.67. The van der Waals surface area contributed by atoms with Crippen molar-refractivity contribution in [1.29, 1.82) is 0 Å². The third-order valence-electron chi connectivity index (χ3n) is 2.07. The molecule has 0 saturated heterocycles. The van der Waals surface area contributed by atoms with Crippen molar-refractivity contribution in [1.82, 2.24) is 0 Å². The number of aliphatic carboxylic acids is 2. The molecule has 4 nitrogen and oxygen atoms in total. The van der Waals surface area contributed by atoms with Crippen LogP contribution >= 0.6 is 0 Å². The number of carbonyl (C=O) groups is 2. The van der Waals surface area contributed by atoms with Gasteiger partial charge in [0, 0.05) is 13.8 Å². The molecule has 0 aromatic heterocycles. The molecule has 4 heteroatoms. The van der Waals surface area contributed by atoms with Gasteiger partial charge in [0.05, 0.1) is 0 Å². The molecule has 0 radical (unpaired) electrons. The van der Waals surface area contributed by atoms with Crippen LogP contribution in [0, 0.1) is 0 Å². The summed E-state index contributed by atoms with van der Waals surface area (Å²) in [6, 6.07) is 20.6. The van der Waals surface area contributed by atoms with Crippen LogP contribution < -0.4 is 0 Å². The van der Waals surface area contributed by atoms with Gasteiger partial charge in [0.1, 0.15) is 0 Å². The molecule has 2 aromatic carbocycles. The molecule has 116 valence electrons. The van der Waals surface area contributed by atoms with Gasteiger partial charge in [-0.15, -0.1) is 0 Å². The van der Waals surface area contributed by atoms with Crippen LogP contribution in [0.4, 0.5) is 0 Å². The van der Waals surface area contributed by atoms with Gasteiger partial charge in [0.2, 0.25) is 0 Å². The Morgan fingerprint density at radius 3 is 1.14 bits per heavy atom. The van der Waals surface area contributed by atoms with Crippen molar-refractivity contribution in [3.8, 4) is 0 Å². The Morgan fingerprint density at radius 1 is 0.682 bits per heavy atom. The van der Waals surface area contributed by atoms with Crippen LogP contribution in [0.3, 0.4) is 0 Å². The van der Waals surface area contributed by atoms with Gasteiger partial charge in [-0.05, 0) is 11.1 Å².